The summed E-state index contributed by atoms with van der Waals surface area (Å²) < 4.78 is 0. The van der Waals surface area contributed by atoms with Gasteiger partial charge in [-0.05, 0) is 6.07 Å². The van der Waals surface area contributed by atoms with E-state index in [-0.39, 0.29) is 5.78 Å². The van der Waals surface area contributed by atoms with Crippen molar-refractivity contribution in [3.8, 4) is 0 Å². The minimum Gasteiger partial charge on any atom is -0.376 e. The van der Waals surface area contributed by atoms with Crippen LogP contribution in [-0.2, 0) is 0 Å². The third kappa shape index (κ3) is 2.18. The van der Waals surface area contributed by atoms with Gasteiger partial charge in [0.25, 0.3) is 0 Å². The maximum absolute atomic E-state index is 11.0. The minimum absolute atomic E-state index is 0.0558. The smallest absolute Gasteiger partial charge is 0.178 e. The number of rotatable bonds is 2. The van der Waals surface area contributed by atoms with Gasteiger partial charge in [-0.15, -0.1) is 0 Å². The standard InChI is InChI=1S/C9H11ClN2O/c1-6(13)8-4-9(12(2)3)7(10)5-11-8/h4-5H,1-3H3. The minimum atomic E-state index is -0.0558. The van der Waals surface area contributed by atoms with Gasteiger partial charge in [-0.1, -0.05) is 11.6 Å². The van der Waals surface area contributed by atoms with Gasteiger partial charge < -0.3 is 4.90 Å². The Labute approximate surface area is 82.3 Å². The molecule has 0 aliphatic carbocycles. The van der Waals surface area contributed by atoms with E-state index in [4.69, 9.17) is 11.6 Å². The van der Waals surface area contributed by atoms with E-state index >= 15 is 0 Å². The first kappa shape index (κ1) is 9.99. The van der Waals surface area contributed by atoms with Crippen LogP contribution in [0.25, 0.3) is 0 Å². The molecule has 0 aliphatic rings. The molecule has 4 heteroatoms. The van der Waals surface area contributed by atoms with Gasteiger partial charge in [0.05, 0.1) is 10.7 Å². The third-order valence-electron chi connectivity index (χ3n) is 1.68. The van der Waals surface area contributed by atoms with Gasteiger partial charge in [-0.3, -0.25) is 9.78 Å². The van der Waals surface area contributed by atoms with E-state index in [0.717, 1.165) is 5.69 Å². The largest absolute Gasteiger partial charge is 0.376 e. The van der Waals surface area contributed by atoms with Crippen molar-refractivity contribution in [2.45, 2.75) is 6.92 Å². The number of aromatic nitrogens is 1. The zero-order valence-electron chi connectivity index (χ0n) is 7.84. The predicted octanol–water partition coefficient (Wildman–Crippen LogP) is 2.00. The Kier molecular flexibility index (Phi) is 2.88. The first-order valence-electron chi connectivity index (χ1n) is 3.86. The quantitative estimate of drug-likeness (QED) is 0.682. The van der Waals surface area contributed by atoms with Crippen LogP contribution in [0, 0.1) is 0 Å². The van der Waals surface area contributed by atoms with Crippen LogP contribution < -0.4 is 4.90 Å². The van der Waals surface area contributed by atoms with Gasteiger partial charge in [0.15, 0.2) is 5.78 Å². The molecule has 0 unspecified atom stereocenters. The highest BCUT2D eigenvalue weighted by molar-refractivity contribution is 6.33. The fourth-order valence-electron chi connectivity index (χ4n) is 0.963. The van der Waals surface area contributed by atoms with Crippen molar-refractivity contribution in [3.05, 3.63) is 23.0 Å². The van der Waals surface area contributed by atoms with Gasteiger partial charge in [0.2, 0.25) is 0 Å². The van der Waals surface area contributed by atoms with Crippen LogP contribution in [-0.4, -0.2) is 24.9 Å². The predicted molar refractivity (Wildman–Crippen MR) is 53.6 cm³/mol. The summed E-state index contributed by atoms with van der Waals surface area (Å²) in [5, 5.41) is 0.551. The van der Waals surface area contributed by atoms with Crippen molar-refractivity contribution in [3.63, 3.8) is 0 Å². The fourth-order valence-corrected chi connectivity index (χ4v) is 1.24. The van der Waals surface area contributed by atoms with Crippen molar-refractivity contribution in [2.24, 2.45) is 0 Å². The normalized spacial score (nSPS) is 9.85. The van der Waals surface area contributed by atoms with Gasteiger partial charge in [0.1, 0.15) is 5.69 Å². The molecule has 0 fully saturated rings. The molecule has 0 saturated heterocycles. The van der Waals surface area contributed by atoms with Crippen molar-refractivity contribution in [2.75, 3.05) is 19.0 Å². The summed E-state index contributed by atoms with van der Waals surface area (Å²) in [7, 11) is 3.73. The molecule has 0 spiro atoms. The van der Waals surface area contributed by atoms with Crippen molar-refractivity contribution < 1.29 is 4.79 Å². The number of halogens is 1. The summed E-state index contributed by atoms with van der Waals surface area (Å²) >= 11 is 5.88. The van der Waals surface area contributed by atoms with Crippen molar-refractivity contribution in [1.29, 1.82) is 0 Å². The molecular weight excluding hydrogens is 188 g/mol. The van der Waals surface area contributed by atoms with Crippen LogP contribution in [0.4, 0.5) is 5.69 Å². The van der Waals surface area contributed by atoms with E-state index in [1.54, 1.807) is 6.07 Å². The highest BCUT2D eigenvalue weighted by Crippen LogP contribution is 2.23. The summed E-state index contributed by atoms with van der Waals surface area (Å²) in [5.41, 5.74) is 1.25. The zero-order valence-corrected chi connectivity index (χ0v) is 8.59. The monoisotopic (exact) mass is 198 g/mol. The summed E-state index contributed by atoms with van der Waals surface area (Å²) in [6, 6.07) is 1.69. The lowest BCUT2D eigenvalue weighted by atomic mass is 10.2. The van der Waals surface area contributed by atoms with Gasteiger partial charge in [0, 0.05) is 27.2 Å². The first-order valence-corrected chi connectivity index (χ1v) is 4.24. The third-order valence-corrected chi connectivity index (χ3v) is 1.97. The Morgan fingerprint density at radius 3 is 2.62 bits per heavy atom. The molecule has 0 amide bonds. The van der Waals surface area contributed by atoms with Crippen LogP contribution in [0.2, 0.25) is 5.02 Å². The molecular formula is C9H11ClN2O. The van der Waals surface area contributed by atoms with Crippen LogP contribution >= 0.6 is 11.6 Å². The highest BCUT2D eigenvalue weighted by Gasteiger charge is 2.07. The molecule has 70 valence electrons. The molecule has 0 bridgehead atoms. The summed E-state index contributed by atoms with van der Waals surface area (Å²) in [5.74, 6) is -0.0558. The number of carbonyl (C=O) groups excluding carboxylic acids is 1. The molecule has 1 aromatic rings. The van der Waals surface area contributed by atoms with E-state index in [1.807, 2.05) is 19.0 Å². The molecule has 13 heavy (non-hydrogen) atoms. The van der Waals surface area contributed by atoms with Crippen molar-refractivity contribution in [1.82, 2.24) is 4.98 Å². The maximum atomic E-state index is 11.0. The van der Waals surface area contributed by atoms with Crippen LogP contribution in [0.5, 0.6) is 0 Å². The van der Waals surface area contributed by atoms with E-state index in [2.05, 4.69) is 4.98 Å². The fraction of sp³-hybridized carbons (Fsp3) is 0.333. The highest BCUT2D eigenvalue weighted by atomic mass is 35.5. The Bertz CT molecular complexity index is 336. The molecule has 1 aromatic heterocycles. The number of Topliss-reactive ketones (excluding diaryl/α,β-unsaturated/α-hetero) is 1. The lowest BCUT2D eigenvalue weighted by Gasteiger charge is -2.14. The second-order valence-electron chi connectivity index (χ2n) is 2.97. The molecule has 0 radical (unpaired) electrons. The molecule has 0 atom stereocenters. The molecule has 0 saturated carbocycles. The van der Waals surface area contributed by atoms with Crippen molar-refractivity contribution >= 4 is 23.1 Å². The number of anilines is 1. The lowest BCUT2D eigenvalue weighted by molar-refractivity contribution is 0.101. The summed E-state index contributed by atoms with van der Waals surface area (Å²) in [6.45, 7) is 1.48. The Morgan fingerprint density at radius 2 is 2.15 bits per heavy atom. The number of nitrogens with zero attached hydrogens (tertiary/aromatic N) is 2. The molecule has 0 N–H and O–H groups in total. The first-order chi connectivity index (χ1) is 6.02. The molecule has 0 aliphatic heterocycles. The number of carbonyl (C=O) groups is 1. The summed E-state index contributed by atoms with van der Waals surface area (Å²) in [4.78, 5) is 16.8. The number of hydrogen-bond donors (Lipinski definition) is 0. The number of pyridine rings is 1. The van der Waals surface area contributed by atoms with E-state index < -0.39 is 0 Å². The van der Waals surface area contributed by atoms with E-state index in [1.165, 1.54) is 13.1 Å². The van der Waals surface area contributed by atoms with E-state index in [0.29, 0.717) is 10.7 Å². The average molecular weight is 199 g/mol. The van der Waals surface area contributed by atoms with Crippen LogP contribution in [0.15, 0.2) is 12.3 Å². The topological polar surface area (TPSA) is 33.2 Å². The Hall–Kier alpha value is -1.09. The Balaban J connectivity index is 3.19. The number of hydrogen-bond acceptors (Lipinski definition) is 3. The lowest BCUT2D eigenvalue weighted by Crippen LogP contribution is -2.11. The van der Waals surface area contributed by atoms with E-state index in [9.17, 15) is 4.79 Å². The molecule has 1 heterocycles. The maximum Gasteiger partial charge on any atom is 0.178 e. The second kappa shape index (κ2) is 3.75. The summed E-state index contributed by atoms with van der Waals surface area (Å²) in [6.07, 6.45) is 1.49. The zero-order chi connectivity index (χ0) is 10.0. The van der Waals surface area contributed by atoms with Gasteiger partial charge in [-0.2, -0.15) is 0 Å². The molecule has 3 nitrogen and oxygen atoms in total. The second-order valence-corrected chi connectivity index (χ2v) is 3.38. The van der Waals surface area contributed by atoms with Gasteiger partial charge in [-0.25, -0.2) is 0 Å². The van der Waals surface area contributed by atoms with Crippen LogP contribution in [0.3, 0.4) is 0 Å². The van der Waals surface area contributed by atoms with Gasteiger partial charge >= 0.3 is 0 Å². The molecule has 0 aromatic carbocycles. The average Bonchev–Trinajstić information content (AvgIpc) is 2.04. The number of ketones is 1. The SMILES string of the molecule is CC(=O)c1cc(N(C)C)c(Cl)cn1. The molecule has 1 rings (SSSR count). The Morgan fingerprint density at radius 1 is 1.54 bits per heavy atom. The van der Waals surface area contributed by atoms with Crippen LogP contribution in [0.1, 0.15) is 17.4 Å².